The van der Waals surface area contributed by atoms with Gasteiger partial charge in [0.1, 0.15) is 6.67 Å². The van der Waals surface area contributed by atoms with E-state index in [0.29, 0.717) is 18.0 Å². The van der Waals surface area contributed by atoms with Crippen molar-refractivity contribution in [2.75, 3.05) is 0 Å². The van der Waals surface area contributed by atoms with Crippen LogP contribution in [0.25, 0.3) is 0 Å². The Morgan fingerprint density at radius 2 is 1.80 bits per heavy atom. The van der Waals surface area contributed by atoms with Gasteiger partial charge in [-0.2, -0.15) is 0 Å². The molecule has 0 saturated heterocycles. The lowest BCUT2D eigenvalue weighted by Crippen LogP contribution is -2.02. The predicted octanol–water partition coefficient (Wildman–Crippen LogP) is 3.76. The molecule has 0 radical (unpaired) electrons. The standard InChI is InChI=1S/C11H16FN.C2H6/c1-8(2)9-3-4-10(6-12)11(5-9)7-13;1-2/h3-5,8H,6-7,13H2,1-2H3;1-2H3. The molecule has 1 rings (SSSR count). The van der Waals surface area contributed by atoms with Crippen LogP contribution in [-0.2, 0) is 13.2 Å². The molecule has 0 fully saturated rings. The second-order valence-electron chi connectivity index (χ2n) is 3.52. The van der Waals surface area contributed by atoms with Gasteiger partial charge in [0.2, 0.25) is 0 Å². The zero-order valence-corrected chi connectivity index (χ0v) is 10.2. The number of halogens is 1. The summed E-state index contributed by atoms with van der Waals surface area (Å²) in [5.74, 6) is 0.471. The molecule has 2 N–H and O–H groups in total. The van der Waals surface area contributed by atoms with E-state index >= 15 is 0 Å². The Kier molecular flexibility index (Phi) is 6.97. The topological polar surface area (TPSA) is 26.0 Å². The average Bonchev–Trinajstić information content (AvgIpc) is 2.30. The van der Waals surface area contributed by atoms with Crippen LogP contribution in [0.4, 0.5) is 4.39 Å². The Balaban J connectivity index is 0.000000921. The summed E-state index contributed by atoms with van der Waals surface area (Å²) >= 11 is 0. The van der Waals surface area contributed by atoms with E-state index in [1.807, 2.05) is 32.0 Å². The first-order chi connectivity index (χ1) is 7.19. The molecule has 0 aliphatic heterocycles. The summed E-state index contributed by atoms with van der Waals surface area (Å²) in [5, 5.41) is 0. The van der Waals surface area contributed by atoms with Crippen LogP contribution in [0.3, 0.4) is 0 Å². The number of hydrogen-bond donors (Lipinski definition) is 1. The van der Waals surface area contributed by atoms with Gasteiger partial charge in [0.25, 0.3) is 0 Å². The maximum atomic E-state index is 12.5. The second kappa shape index (κ2) is 7.41. The van der Waals surface area contributed by atoms with Crippen LogP contribution in [0.5, 0.6) is 0 Å². The van der Waals surface area contributed by atoms with Crippen molar-refractivity contribution in [2.45, 2.75) is 46.8 Å². The Hall–Kier alpha value is -0.890. The average molecular weight is 211 g/mol. The lowest BCUT2D eigenvalue weighted by Gasteiger charge is -2.10. The maximum Gasteiger partial charge on any atom is 0.115 e. The highest BCUT2D eigenvalue weighted by atomic mass is 19.1. The zero-order valence-electron chi connectivity index (χ0n) is 10.2. The van der Waals surface area contributed by atoms with E-state index in [9.17, 15) is 4.39 Å². The van der Waals surface area contributed by atoms with Crippen molar-refractivity contribution in [2.24, 2.45) is 5.73 Å². The van der Waals surface area contributed by atoms with Crippen molar-refractivity contribution >= 4 is 0 Å². The predicted molar refractivity (Wildman–Crippen MR) is 64.6 cm³/mol. The fourth-order valence-electron chi connectivity index (χ4n) is 1.33. The molecule has 0 spiro atoms. The van der Waals surface area contributed by atoms with E-state index in [4.69, 9.17) is 5.73 Å². The highest BCUT2D eigenvalue weighted by Gasteiger charge is 2.04. The fraction of sp³-hybridized carbons (Fsp3) is 0.538. The SMILES string of the molecule is CC.CC(C)c1ccc(CF)c(CN)c1. The van der Waals surface area contributed by atoms with Crippen molar-refractivity contribution in [3.63, 3.8) is 0 Å². The van der Waals surface area contributed by atoms with Crippen LogP contribution in [0, 0.1) is 0 Å². The van der Waals surface area contributed by atoms with Gasteiger partial charge in [-0.25, -0.2) is 4.39 Å². The van der Waals surface area contributed by atoms with Crippen LogP contribution in [0.1, 0.15) is 50.3 Å². The third-order valence-corrected chi connectivity index (χ3v) is 2.26. The largest absolute Gasteiger partial charge is 0.326 e. The molecule has 1 nitrogen and oxygen atoms in total. The molecule has 0 aromatic heterocycles. The van der Waals surface area contributed by atoms with Gasteiger partial charge in [-0.05, 0) is 22.6 Å². The van der Waals surface area contributed by atoms with Crippen molar-refractivity contribution in [1.29, 1.82) is 0 Å². The molecule has 86 valence electrons. The van der Waals surface area contributed by atoms with Crippen molar-refractivity contribution in [1.82, 2.24) is 0 Å². The van der Waals surface area contributed by atoms with E-state index in [1.165, 1.54) is 5.56 Å². The summed E-state index contributed by atoms with van der Waals surface area (Å²) in [7, 11) is 0. The van der Waals surface area contributed by atoms with E-state index in [0.717, 1.165) is 5.56 Å². The number of benzene rings is 1. The van der Waals surface area contributed by atoms with E-state index < -0.39 is 6.67 Å². The number of hydrogen-bond acceptors (Lipinski definition) is 1. The van der Waals surface area contributed by atoms with Crippen LogP contribution < -0.4 is 5.73 Å². The van der Waals surface area contributed by atoms with Crippen LogP contribution >= 0.6 is 0 Å². The van der Waals surface area contributed by atoms with E-state index in [1.54, 1.807) is 0 Å². The molecular weight excluding hydrogens is 189 g/mol. The third-order valence-electron chi connectivity index (χ3n) is 2.26. The molecule has 2 heteroatoms. The highest BCUT2D eigenvalue weighted by molar-refractivity contribution is 5.33. The summed E-state index contributed by atoms with van der Waals surface area (Å²) in [6.45, 7) is 8.22. The van der Waals surface area contributed by atoms with Gasteiger partial charge in [-0.15, -0.1) is 0 Å². The smallest absolute Gasteiger partial charge is 0.115 e. The van der Waals surface area contributed by atoms with Gasteiger partial charge in [-0.1, -0.05) is 45.9 Å². The highest BCUT2D eigenvalue weighted by Crippen LogP contribution is 2.19. The molecule has 0 aliphatic rings. The minimum atomic E-state index is -0.426. The van der Waals surface area contributed by atoms with Crippen LogP contribution in [0.2, 0.25) is 0 Å². The van der Waals surface area contributed by atoms with Gasteiger partial charge < -0.3 is 5.73 Å². The molecule has 0 amide bonds. The van der Waals surface area contributed by atoms with Crippen molar-refractivity contribution in [3.05, 3.63) is 34.9 Å². The summed E-state index contributed by atoms with van der Waals surface area (Å²) in [4.78, 5) is 0. The quantitative estimate of drug-likeness (QED) is 0.809. The number of nitrogens with two attached hydrogens (primary N) is 1. The van der Waals surface area contributed by atoms with Gasteiger partial charge in [0.05, 0.1) is 0 Å². The van der Waals surface area contributed by atoms with Crippen molar-refractivity contribution in [3.8, 4) is 0 Å². The van der Waals surface area contributed by atoms with E-state index in [-0.39, 0.29) is 0 Å². The molecule has 0 atom stereocenters. The van der Waals surface area contributed by atoms with Gasteiger partial charge >= 0.3 is 0 Å². The normalized spacial score (nSPS) is 9.80. The maximum absolute atomic E-state index is 12.5. The first-order valence-electron chi connectivity index (χ1n) is 5.56. The van der Waals surface area contributed by atoms with Gasteiger partial charge in [0, 0.05) is 6.54 Å². The summed E-state index contributed by atoms with van der Waals surface area (Å²) in [6, 6.07) is 5.80. The molecule has 0 aliphatic carbocycles. The fourth-order valence-corrected chi connectivity index (χ4v) is 1.33. The number of alkyl halides is 1. The molecule has 1 aromatic carbocycles. The summed E-state index contributed by atoms with van der Waals surface area (Å²) < 4.78 is 12.5. The molecule has 15 heavy (non-hydrogen) atoms. The molecule has 0 unspecified atom stereocenters. The zero-order chi connectivity index (χ0) is 11.8. The molecule has 0 saturated carbocycles. The Morgan fingerprint density at radius 3 is 2.20 bits per heavy atom. The first kappa shape index (κ1) is 14.1. The monoisotopic (exact) mass is 211 g/mol. The lowest BCUT2D eigenvalue weighted by molar-refractivity contribution is 0.482. The summed E-state index contributed by atoms with van der Waals surface area (Å²) in [5.41, 5.74) is 8.39. The minimum Gasteiger partial charge on any atom is -0.326 e. The van der Waals surface area contributed by atoms with Crippen LogP contribution in [-0.4, -0.2) is 0 Å². The summed E-state index contributed by atoms with van der Waals surface area (Å²) in [6.07, 6.45) is 0. The molecular formula is C13H22FN. The Bertz CT molecular complexity index is 282. The molecule has 0 heterocycles. The Morgan fingerprint density at radius 1 is 1.20 bits per heavy atom. The minimum absolute atomic E-state index is 0.416. The lowest BCUT2D eigenvalue weighted by atomic mass is 9.98. The van der Waals surface area contributed by atoms with Gasteiger partial charge in [0.15, 0.2) is 0 Å². The number of rotatable bonds is 3. The molecule has 0 bridgehead atoms. The van der Waals surface area contributed by atoms with E-state index in [2.05, 4.69) is 13.8 Å². The van der Waals surface area contributed by atoms with Crippen molar-refractivity contribution < 1.29 is 4.39 Å². The second-order valence-corrected chi connectivity index (χ2v) is 3.52. The van der Waals surface area contributed by atoms with Crippen LogP contribution in [0.15, 0.2) is 18.2 Å². The van der Waals surface area contributed by atoms with Gasteiger partial charge in [-0.3, -0.25) is 0 Å². The Labute approximate surface area is 92.5 Å². The first-order valence-corrected chi connectivity index (χ1v) is 5.56. The third kappa shape index (κ3) is 4.00. The molecule has 1 aromatic rings.